The zero-order chi connectivity index (χ0) is 11.5. The van der Waals surface area contributed by atoms with Crippen molar-refractivity contribution in [3.63, 3.8) is 0 Å². The normalized spacial score (nSPS) is 13.9. The summed E-state index contributed by atoms with van der Waals surface area (Å²) in [6, 6.07) is 6.13. The first-order valence-corrected chi connectivity index (χ1v) is 5.63. The first kappa shape index (κ1) is 11.0. The number of anilines is 1. The number of hydrogen-bond acceptors (Lipinski definition) is 3. The molecule has 0 saturated heterocycles. The molecule has 0 fully saturated rings. The number of rotatable bonds is 3. The van der Waals surface area contributed by atoms with E-state index >= 15 is 0 Å². The second-order valence-corrected chi connectivity index (χ2v) is 4.30. The number of carbonyl (C=O) groups excluding carboxylic acids is 1. The van der Waals surface area contributed by atoms with Crippen LogP contribution in [0.1, 0.15) is 18.9 Å². The molecule has 0 unspecified atom stereocenters. The second-order valence-electron chi connectivity index (χ2n) is 4.30. The number of benzene rings is 1. The summed E-state index contributed by atoms with van der Waals surface area (Å²) in [5.74, 6) is 1.17. The Kier molecular flexibility index (Phi) is 3.13. The number of fused-ring (bicyclic) bond motifs is 1. The van der Waals surface area contributed by atoms with Crippen molar-refractivity contribution in [2.24, 2.45) is 0 Å². The molecule has 0 bridgehead atoms. The van der Waals surface area contributed by atoms with Gasteiger partial charge in [-0.3, -0.25) is 4.79 Å². The van der Waals surface area contributed by atoms with Gasteiger partial charge in [0.25, 0.3) is 0 Å². The predicted octanol–water partition coefficient (Wildman–Crippen LogP) is 2.04. The number of likely N-dealkylation sites (N-methyl/N-ethyl adjacent to an activating group) is 1. The molecular weight excluding hydrogens is 202 g/mol. The van der Waals surface area contributed by atoms with Crippen molar-refractivity contribution in [3.05, 3.63) is 23.8 Å². The van der Waals surface area contributed by atoms with Crippen LogP contribution in [0.25, 0.3) is 0 Å². The highest BCUT2D eigenvalue weighted by atomic mass is 16.5. The zero-order valence-electron chi connectivity index (χ0n) is 9.82. The van der Waals surface area contributed by atoms with E-state index in [1.54, 1.807) is 6.92 Å². The minimum atomic E-state index is 0.177. The van der Waals surface area contributed by atoms with E-state index in [2.05, 4.69) is 6.07 Å². The van der Waals surface area contributed by atoms with Crippen molar-refractivity contribution in [2.45, 2.75) is 19.8 Å². The van der Waals surface area contributed by atoms with Gasteiger partial charge in [-0.05, 0) is 43.5 Å². The molecule has 86 valence electrons. The van der Waals surface area contributed by atoms with Crippen LogP contribution >= 0.6 is 0 Å². The molecule has 0 aliphatic carbocycles. The molecule has 0 amide bonds. The maximum absolute atomic E-state index is 11.0. The Balaban J connectivity index is 2.19. The Hall–Kier alpha value is -1.51. The van der Waals surface area contributed by atoms with Crippen LogP contribution in [-0.2, 0) is 11.2 Å². The van der Waals surface area contributed by atoms with Crippen LogP contribution < -0.4 is 9.64 Å². The van der Waals surface area contributed by atoms with Gasteiger partial charge in [0, 0.05) is 12.7 Å². The van der Waals surface area contributed by atoms with Gasteiger partial charge in [-0.15, -0.1) is 0 Å². The Labute approximate surface area is 96.0 Å². The summed E-state index contributed by atoms with van der Waals surface area (Å²) in [5, 5.41) is 0. The number of carbonyl (C=O) groups is 1. The molecule has 0 saturated carbocycles. The molecule has 1 aromatic rings. The van der Waals surface area contributed by atoms with E-state index in [-0.39, 0.29) is 5.78 Å². The third kappa shape index (κ3) is 2.35. The third-order valence-electron chi connectivity index (χ3n) is 2.79. The van der Waals surface area contributed by atoms with Gasteiger partial charge in [-0.1, -0.05) is 0 Å². The molecule has 0 radical (unpaired) electrons. The van der Waals surface area contributed by atoms with Gasteiger partial charge in [0.05, 0.1) is 13.2 Å². The van der Waals surface area contributed by atoms with Gasteiger partial charge in [0.1, 0.15) is 11.5 Å². The number of nitrogens with zero attached hydrogens (tertiary/aromatic N) is 1. The van der Waals surface area contributed by atoms with Crippen LogP contribution in [0.3, 0.4) is 0 Å². The molecule has 1 aliphatic heterocycles. The van der Waals surface area contributed by atoms with Gasteiger partial charge < -0.3 is 9.64 Å². The Morgan fingerprint density at radius 2 is 2.31 bits per heavy atom. The summed E-state index contributed by atoms with van der Waals surface area (Å²) in [5.41, 5.74) is 2.33. The SMILES string of the molecule is CC(=O)CN(C)c1ccc2c(c1)CCCO2. The summed E-state index contributed by atoms with van der Waals surface area (Å²) in [7, 11) is 1.94. The number of Topliss-reactive ketones (excluding diaryl/α,β-unsaturated/α-hetero) is 1. The van der Waals surface area contributed by atoms with Crippen LogP contribution in [0, 0.1) is 0 Å². The lowest BCUT2D eigenvalue weighted by atomic mass is 10.1. The van der Waals surface area contributed by atoms with Crippen LogP contribution in [0.5, 0.6) is 5.75 Å². The minimum absolute atomic E-state index is 0.177. The molecule has 2 rings (SSSR count). The van der Waals surface area contributed by atoms with E-state index in [1.165, 1.54) is 5.56 Å². The van der Waals surface area contributed by atoms with Crippen LogP contribution in [0.2, 0.25) is 0 Å². The number of ketones is 1. The average Bonchev–Trinajstić information content (AvgIpc) is 2.27. The van der Waals surface area contributed by atoms with Crippen LogP contribution in [0.4, 0.5) is 5.69 Å². The summed E-state index contributed by atoms with van der Waals surface area (Å²) in [6.07, 6.45) is 2.14. The summed E-state index contributed by atoms with van der Waals surface area (Å²) in [4.78, 5) is 13.0. The van der Waals surface area contributed by atoms with Gasteiger partial charge in [0.2, 0.25) is 0 Å². The van der Waals surface area contributed by atoms with Crippen molar-refractivity contribution in [3.8, 4) is 5.75 Å². The highest BCUT2D eigenvalue weighted by Crippen LogP contribution is 2.28. The molecule has 0 atom stereocenters. The van der Waals surface area contributed by atoms with E-state index in [9.17, 15) is 4.79 Å². The van der Waals surface area contributed by atoms with E-state index in [4.69, 9.17) is 4.74 Å². The fraction of sp³-hybridized carbons (Fsp3) is 0.462. The molecule has 1 aliphatic rings. The Morgan fingerprint density at radius 3 is 3.06 bits per heavy atom. The maximum atomic E-state index is 11.0. The maximum Gasteiger partial charge on any atom is 0.149 e. The van der Waals surface area contributed by atoms with E-state index in [0.717, 1.165) is 30.9 Å². The lowest BCUT2D eigenvalue weighted by molar-refractivity contribution is -0.115. The monoisotopic (exact) mass is 219 g/mol. The summed E-state index contributed by atoms with van der Waals surface area (Å²) in [6.45, 7) is 2.88. The highest BCUT2D eigenvalue weighted by Gasteiger charge is 2.12. The van der Waals surface area contributed by atoms with Gasteiger partial charge in [0.15, 0.2) is 0 Å². The molecule has 1 heterocycles. The first-order valence-electron chi connectivity index (χ1n) is 5.63. The predicted molar refractivity (Wildman–Crippen MR) is 64.2 cm³/mol. The lowest BCUT2D eigenvalue weighted by Gasteiger charge is -2.22. The number of ether oxygens (including phenoxy) is 1. The first-order chi connectivity index (χ1) is 7.66. The highest BCUT2D eigenvalue weighted by molar-refractivity contribution is 5.81. The molecule has 1 aromatic carbocycles. The largest absolute Gasteiger partial charge is 0.493 e. The van der Waals surface area contributed by atoms with E-state index < -0.39 is 0 Å². The van der Waals surface area contributed by atoms with Crippen molar-refractivity contribution in [2.75, 3.05) is 25.1 Å². The van der Waals surface area contributed by atoms with E-state index in [1.807, 2.05) is 24.1 Å². The third-order valence-corrected chi connectivity index (χ3v) is 2.79. The molecule has 3 heteroatoms. The van der Waals surface area contributed by atoms with Crippen molar-refractivity contribution in [1.82, 2.24) is 0 Å². The molecule has 16 heavy (non-hydrogen) atoms. The molecule has 0 spiro atoms. The van der Waals surface area contributed by atoms with Gasteiger partial charge in [-0.2, -0.15) is 0 Å². The zero-order valence-corrected chi connectivity index (χ0v) is 9.82. The fourth-order valence-corrected chi connectivity index (χ4v) is 2.01. The fourth-order valence-electron chi connectivity index (χ4n) is 2.01. The molecular formula is C13H17NO2. The number of hydrogen-bond donors (Lipinski definition) is 0. The quantitative estimate of drug-likeness (QED) is 0.779. The summed E-state index contributed by atoms with van der Waals surface area (Å²) >= 11 is 0. The van der Waals surface area contributed by atoms with Gasteiger partial charge >= 0.3 is 0 Å². The standard InChI is InChI=1S/C13H17NO2/c1-10(15)9-14(2)12-5-6-13-11(8-12)4-3-7-16-13/h5-6,8H,3-4,7,9H2,1-2H3. The van der Waals surface area contributed by atoms with E-state index in [0.29, 0.717) is 6.54 Å². The Morgan fingerprint density at radius 1 is 1.50 bits per heavy atom. The lowest BCUT2D eigenvalue weighted by Crippen LogP contribution is -2.24. The molecule has 0 N–H and O–H groups in total. The molecule has 0 aromatic heterocycles. The van der Waals surface area contributed by atoms with Crippen LogP contribution in [0.15, 0.2) is 18.2 Å². The smallest absolute Gasteiger partial charge is 0.149 e. The van der Waals surface area contributed by atoms with Crippen molar-refractivity contribution >= 4 is 11.5 Å². The van der Waals surface area contributed by atoms with Gasteiger partial charge in [-0.25, -0.2) is 0 Å². The Bertz CT molecular complexity index is 401. The van der Waals surface area contributed by atoms with Crippen molar-refractivity contribution < 1.29 is 9.53 Å². The van der Waals surface area contributed by atoms with Crippen LogP contribution in [-0.4, -0.2) is 26.0 Å². The number of aryl methyl sites for hydroxylation is 1. The average molecular weight is 219 g/mol. The molecule has 3 nitrogen and oxygen atoms in total. The topological polar surface area (TPSA) is 29.5 Å². The summed E-state index contributed by atoms with van der Waals surface area (Å²) < 4.78 is 5.55. The van der Waals surface area contributed by atoms with Crippen molar-refractivity contribution in [1.29, 1.82) is 0 Å². The second kappa shape index (κ2) is 4.56. The minimum Gasteiger partial charge on any atom is -0.493 e.